The van der Waals surface area contributed by atoms with E-state index in [1.54, 1.807) is 48.5 Å². The maximum atomic E-state index is 10.7. The largest absolute Gasteiger partial charge is 0.494 e. The van der Waals surface area contributed by atoms with E-state index in [9.17, 15) is 4.79 Å². The van der Waals surface area contributed by atoms with Crippen molar-refractivity contribution in [2.45, 2.75) is 32.6 Å². The Hall–Kier alpha value is -3.30. The Kier molecular flexibility index (Phi) is 12.1. The summed E-state index contributed by atoms with van der Waals surface area (Å²) in [4.78, 5) is 10.7. The van der Waals surface area contributed by atoms with Crippen LogP contribution in [0.3, 0.4) is 0 Å². The van der Waals surface area contributed by atoms with Crippen LogP contribution in [0, 0.1) is 11.3 Å². The van der Waals surface area contributed by atoms with Gasteiger partial charge < -0.3 is 20.3 Å². The third kappa shape index (κ3) is 11.5. The van der Waals surface area contributed by atoms with Gasteiger partial charge in [-0.3, -0.25) is 0 Å². The van der Waals surface area contributed by atoms with Crippen LogP contribution in [0.1, 0.15) is 48.5 Å². The maximum Gasteiger partial charge on any atom is 0.335 e. The normalized spacial score (nSPS) is 9.73. The first-order chi connectivity index (χ1) is 14.4. The molecule has 6 heteroatoms. The molecule has 30 heavy (non-hydrogen) atoms. The van der Waals surface area contributed by atoms with Gasteiger partial charge in [0, 0.05) is 12.3 Å². The summed E-state index contributed by atoms with van der Waals surface area (Å²) < 4.78 is 11.0. The molecule has 2 aromatic carbocycles. The van der Waals surface area contributed by atoms with Gasteiger partial charge in [0.1, 0.15) is 5.75 Å². The van der Waals surface area contributed by atoms with Crippen LogP contribution < -0.4 is 10.5 Å². The zero-order valence-corrected chi connectivity index (χ0v) is 17.5. The molecule has 0 unspecified atom stereocenters. The fourth-order valence-corrected chi connectivity index (χ4v) is 2.35. The Bertz CT molecular complexity index is 809. The van der Waals surface area contributed by atoms with E-state index in [0.29, 0.717) is 30.2 Å². The lowest BCUT2D eigenvalue weighted by atomic mass is 10.2. The van der Waals surface area contributed by atoms with Crippen molar-refractivity contribution in [2.24, 2.45) is 0 Å². The average Bonchev–Trinajstić information content (AvgIpc) is 2.73. The number of carbonyl (C=O) groups is 1. The molecule has 0 radical (unpaired) electrons. The van der Waals surface area contributed by atoms with Crippen LogP contribution in [0.2, 0.25) is 0 Å². The predicted octanol–water partition coefficient (Wildman–Crippen LogP) is 5.06. The molecule has 0 atom stereocenters. The van der Waals surface area contributed by atoms with Gasteiger partial charge in [-0.05, 0) is 74.7 Å². The number of carboxylic acids is 1. The van der Waals surface area contributed by atoms with Gasteiger partial charge in [-0.1, -0.05) is 18.6 Å². The highest BCUT2D eigenvalue weighted by atomic mass is 16.5. The van der Waals surface area contributed by atoms with Crippen LogP contribution in [-0.2, 0) is 4.74 Å². The van der Waals surface area contributed by atoms with Crippen molar-refractivity contribution in [1.82, 2.24) is 0 Å². The van der Waals surface area contributed by atoms with E-state index in [1.165, 1.54) is 0 Å². The van der Waals surface area contributed by atoms with Crippen LogP contribution in [-0.4, -0.2) is 30.9 Å². The summed E-state index contributed by atoms with van der Waals surface area (Å²) in [6.45, 7) is 7.82. The summed E-state index contributed by atoms with van der Waals surface area (Å²) >= 11 is 0. The zero-order valence-electron chi connectivity index (χ0n) is 17.5. The summed E-state index contributed by atoms with van der Waals surface area (Å²) in [6.07, 6.45) is 4.27. The smallest absolute Gasteiger partial charge is 0.335 e. The SMILES string of the molecule is C=C(C)COCCCCCCOc1ccc(C(=O)O)cc1.N#Cc1ccc(N)cc1. The minimum absolute atomic E-state index is 0.275. The number of carboxylic acid groups (broad SMARTS) is 1. The molecule has 6 nitrogen and oxygen atoms in total. The van der Waals surface area contributed by atoms with Crippen LogP contribution in [0.4, 0.5) is 5.69 Å². The lowest BCUT2D eigenvalue weighted by Gasteiger charge is -2.07. The van der Waals surface area contributed by atoms with Gasteiger partial charge in [0.15, 0.2) is 0 Å². The molecule has 2 aromatic rings. The topological polar surface area (TPSA) is 106 Å². The molecule has 0 aliphatic heterocycles. The number of rotatable bonds is 11. The zero-order chi connectivity index (χ0) is 22.2. The Morgan fingerprint density at radius 1 is 1.03 bits per heavy atom. The van der Waals surface area contributed by atoms with Gasteiger partial charge in [0.2, 0.25) is 0 Å². The first-order valence-electron chi connectivity index (χ1n) is 9.86. The molecule has 0 aliphatic carbocycles. The van der Waals surface area contributed by atoms with Crippen molar-refractivity contribution >= 4 is 11.7 Å². The molecule has 160 valence electrons. The van der Waals surface area contributed by atoms with Crippen LogP contribution >= 0.6 is 0 Å². The number of unbranched alkanes of at least 4 members (excludes halogenated alkanes) is 3. The molecule has 0 heterocycles. The highest BCUT2D eigenvalue weighted by molar-refractivity contribution is 5.87. The molecular formula is C24H30N2O4. The highest BCUT2D eigenvalue weighted by Crippen LogP contribution is 2.13. The minimum atomic E-state index is -0.921. The predicted molar refractivity (Wildman–Crippen MR) is 119 cm³/mol. The lowest BCUT2D eigenvalue weighted by Crippen LogP contribution is -2.00. The Labute approximate surface area is 178 Å². The number of nitrogens with zero attached hydrogens (tertiary/aromatic N) is 1. The van der Waals surface area contributed by atoms with E-state index in [4.69, 9.17) is 25.6 Å². The molecule has 0 saturated carbocycles. The van der Waals surface area contributed by atoms with Crippen LogP contribution in [0.25, 0.3) is 0 Å². The first kappa shape index (κ1) is 24.7. The third-order valence-corrected chi connectivity index (χ3v) is 3.94. The first-order valence-corrected chi connectivity index (χ1v) is 9.86. The van der Waals surface area contributed by atoms with E-state index in [2.05, 4.69) is 6.58 Å². The van der Waals surface area contributed by atoms with Gasteiger partial charge >= 0.3 is 5.97 Å². The van der Waals surface area contributed by atoms with Gasteiger partial charge in [-0.15, -0.1) is 0 Å². The van der Waals surface area contributed by atoms with Gasteiger partial charge in [0.05, 0.1) is 30.4 Å². The third-order valence-electron chi connectivity index (χ3n) is 3.94. The number of nitrogens with two attached hydrogens (primary N) is 1. The number of benzene rings is 2. The molecular weight excluding hydrogens is 380 g/mol. The number of anilines is 1. The number of aromatic carboxylic acids is 1. The quantitative estimate of drug-likeness (QED) is 0.305. The second-order valence-electron chi connectivity index (χ2n) is 6.84. The molecule has 0 spiro atoms. The van der Waals surface area contributed by atoms with E-state index in [0.717, 1.165) is 37.9 Å². The molecule has 0 aromatic heterocycles. The monoisotopic (exact) mass is 410 g/mol. The summed E-state index contributed by atoms with van der Waals surface area (Å²) in [6, 6.07) is 15.3. The second-order valence-corrected chi connectivity index (χ2v) is 6.84. The van der Waals surface area contributed by atoms with Gasteiger partial charge in [-0.2, -0.15) is 5.26 Å². The Morgan fingerprint density at radius 3 is 2.17 bits per heavy atom. The number of nitriles is 1. The number of hydrogen-bond acceptors (Lipinski definition) is 5. The van der Waals surface area contributed by atoms with E-state index >= 15 is 0 Å². The van der Waals surface area contributed by atoms with Crippen molar-refractivity contribution in [1.29, 1.82) is 5.26 Å². The lowest BCUT2D eigenvalue weighted by molar-refractivity contribution is 0.0697. The number of nitrogen functional groups attached to an aromatic ring is 1. The summed E-state index contributed by atoms with van der Waals surface area (Å²) in [5.41, 5.74) is 8.03. The molecule has 0 amide bonds. The molecule has 3 N–H and O–H groups in total. The fraction of sp³-hybridized carbons (Fsp3) is 0.333. The summed E-state index contributed by atoms with van der Waals surface area (Å²) in [7, 11) is 0. The van der Waals surface area contributed by atoms with Crippen molar-refractivity contribution in [2.75, 3.05) is 25.6 Å². The summed E-state index contributed by atoms with van der Waals surface area (Å²) in [5, 5.41) is 17.1. The standard InChI is InChI=1S/C17H24O4.C7H6N2/c1-14(2)13-20-11-5-3-4-6-12-21-16-9-7-15(8-10-16)17(18)19;8-5-6-1-3-7(9)4-2-6/h7-10H,1,3-6,11-13H2,2H3,(H,18,19);1-4H,9H2. The Balaban J connectivity index is 0.000000414. The average molecular weight is 411 g/mol. The van der Waals surface area contributed by atoms with Gasteiger partial charge in [-0.25, -0.2) is 4.79 Å². The molecule has 0 fully saturated rings. The second kappa shape index (κ2) is 14.7. The van der Waals surface area contributed by atoms with Gasteiger partial charge in [0.25, 0.3) is 0 Å². The van der Waals surface area contributed by atoms with Crippen LogP contribution in [0.15, 0.2) is 60.7 Å². The van der Waals surface area contributed by atoms with E-state index < -0.39 is 5.97 Å². The van der Waals surface area contributed by atoms with Crippen LogP contribution in [0.5, 0.6) is 5.75 Å². The van der Waals surface area contributed by atoms with Crippen molar-refractivity contribution < 1.29 is 19.4 Å². The summed E-state index contributed by atoms with van der Waals surface area (Å²) in [5.74, 6) is -0.208. The van der Waals surface area contributed by atoms with E-state index in [1.807, 2.05) is 13.0 Å². The number of ether oxygens (including phenoxy) is 2. The molecule has 0 bridgehead atoms. The maximum absolute atomic E-state index is 10.7. The molecule has 0 saturated heterocycles. The van der Waals surface area contributed by atoms with Crippen molar-refractivity contribution in [3.63, 3.8) is 0 Å². The highest BCUT2D eigenvalue weighted by Gasteiger charge is 2.01. The molecule has 2 rings (SSSR count). The molecule has 0 aliphatic rings. The van der Waals surface area contributed by atoms with Crippen molar-refractivity contribution in [3.8, 4) is 11.8 Å². The minimum Gasteiger partial charge on any atom is -0.494 e. The fourth-order valence-electron chi connectivity index (χ4n) is 2.35. The van der Waals surface area contributed by atoms with Crippen molar-refractivity contribution in [3.05, 3.63) is 71.8 Å². The van der Waals surface area contributed by atoms with E-state index in [-0.39, 0.29) is 5.56 Å². The Morgan fingerprint density at radius 2 is 1.63 bits per heavy atom. The number of hydrogen-bond donors (Lipinski definition) is 2.